The van der Waals surface area contributed by atoms with Crippen molar-refractivity contribution in [1.82, 2.24) is 0 Å². The number of rotatable bonds is 0. The van der Waals surface area contributed by atoms with Gasteiger partial charge >= 0.3 is 0 Å². The van der Waals surface area contributed by atoms with E-state index in [-0.39, 0.29) is 0 Å². The normalized spacial score (nSPS) is 47.7. The highest BCUT2D eigenvalue weighted by molar-refractivity contribution is 5.83. The molecule has 0 aliphatic heterocycles. The minimum absolute atomic E-state index is 0.439. The van der Waals surface area contributed by atoms with Crippen LogP contribution in [0.5, 0.6) is 0 Å². The van der Waals surface area contributed by atoms with Gasteiger partial charge in [-0.05, 0) is 30.6 Å². The van der Waals surface area contributed by atoms with Gasteiger partial charge in [-0.1, -0.05) is 20.3 Å². The van der Waals surface area contributed by atoms with Gasteiger partial charge in [-0.15, -0.1) is 0 Å². The molecule has 0 saturated heterocycles. The Labute approximate surface area is 74.5 Å². The summed E-state index contributed by atoms with van der Waals surface area (Å²) in [4.78, 5) is 11.6. The molecule has 0 heterocycles. The lowest BCUT2D eigenvalue weighted by Crippen LogP contribution is -2.31. The maximum absolute atomic E-state index is 11.6. The predicted molar refractivity (Wildman–Crippen MR) is 48.8 cm³/mol. The van der Waals surface area contributed by atoms with Crippen molar-refractivity contribution >= 4 is 5.78 Å². The van der Waals surface area contributed by atoms with E-state index in [9.17, 15) is 4.79 Å². The van der Waals surface area contributed by atoms with Crippen LogP contribution in [0.1, 0.15) is 39.5 Å². The molecule has 0 aromatic heterocycles. The van der Waals surface area contributed by atoms with Gasteiger partial charge in [0, 0.05) is 12.3 Å². The fourth-order valence-electron chi connectivity index (χ4n) is 3.19. The van der Waals surface area contributed by atoms with Crippen LogP contribution in [0.15, 0.2) is 0 Å². The molecular weight excluding hydrogens is 148 g/mol. The van der Waals surface area contributed by atoms with Crippen molar-refractivity contribution < 1.29 is 4.79 Å². The van der Waals surface area contributed by atoms with E-state index in [1.807, 2.05) is 0 Å². The molecule has 0 radical (unpaired) electrons. The molecule has 0 amide bonds. The maximum atomic E-state index is 11.6. The van der Waals surface area contributed by atoms with Crippen molar-refractivity contribution in [3.05, 3.63) is 0 Å². The second kappa shape index (κ2) is 2.86. The van der Waals surface area contributed by atoms with Crippen LogP contribution in [0, 0.1) is 23.7 Å². The molecule has 2 fully saturated rings. The van der Waals surface area contributed by atoms with Gasteiger partial charge in [0.05, 0.1) is 0 Å². The Hall–Kier alpha value is -0.330. The molecule has 0 N–H and O–H groups in total. The topological polar surface area (TPSA) is 17.1 Å². The summed E-state index contributed by atoms with van der Waals surface area (Å²) in [5.41, 5.74) is 0. The van der Waals surface area contributed by atoms with Crippen molar-refractivity contribution in [2.45, 2.75) is 39.5 Å². The third kappa shape index (κ3) is 1.10. The van der Waals surface area contributed by atoms with E-state index in [1.165, 1.54) is 19.3 Å². The Kier molecular flexibility index (Phi) is 1.97. The average Bonchev–Trinajstić information content (AvgIpc) is 2.42. The molecule has 0 aromatic rings. The van der Waals surface area contributed by atoms with Gasteiger partial charge in [0.25, 0.3) is 0 Å². The SMILES string of the molecule is CC1CCC(C)C2C(=O)CCC12. The predicted octanol–water partition coefficient (Wildman–Crippen LogP) is 2.65. The van der Waals surface area contributed by atoms with Crippen LogP contribution in [0.3, 0.4) is 0 Å². The lowest BCUT2D eigenvalue weighted by Gasteiger charge is -2.35. The summed E-state index contributed by atoms with van der Waals surface area (Å²) >= 11 is 0. The Morgan fingerprint density at radius 3 is 2.42 bits per heavy atom. The fraction of sp³-hybridized carbons (Fsp3) is 0.909. The summed E-state index contributed by atoms with van der Waals surface area (Å²) in [5.74, 6) is 3.20. The van der Waals surface area contributed by atoms with E-state index in [1.54, 1.807) is 0 Å². The van der Waals surface area contributed by atoms with E-state index in [0.29, 0.717) is 17.6 Å². The zero-order valence-corrected chi connectivity index (χ0v) is 8.05. The Bertz CT molecular complexity index is 197. The number of fused-ring (bicyclic) bond motifs is 1. The molecule has 4 unspecified atom stereocenters. The third-order valence-corrected chi connectivity index (χ3v) is 3.98. The van der Waals surface area contributed by atoms with Crippen LogP contribution in [0.4, 0.5) is 0 Å². The Morgan fingerprint density at radius 2 is 1.75 bits per heavy atom. The second-order valence-corrected chi connectivity index (χ2v) is 4.73. The van der Waals surface area contributed by atoms with Crippen LogP contribution in [-0.4, -0.2) is 5.78 Å². The number of ketones is 1. The highest BCUT2D eigenvalue weighted by atomic mass is 16.1. The quantitative estimate of drug-likeness (QED) is 0.540. The molecule has 1 nitrogen and oxygen atoms in total. The van der Waals surface area contributed by atoms with Gasteiger partial charge in [0.15, 0.2) is 0 Å². The molecule has 2 aliphatic rings. The summed E-state index contributed by atoms with van der Waals surface area (Å²) in [7, 11) is 0. The van der Waals surface area contributed by atoms with Gasteiger partial charge in [-0.2, -0.15) is 0 Å². The summed E-state index contributed by atoms with van der Waals surface area (Å²) in [6, 6.07) is 0. The number of Topliss-reactive ketones (excluding diaryl/α,β-unsaturated/α-hetero) is 1. The molecule has 0 aromatic carbocycles. The van der Waals surface area contributed by atoms with Gasteiger partial charge < -0.3 is 0 Å². The van der Waals surface area contributed by atoms with E-state index in [4.69, 9.17) is 0 Å². The lowest BCUT2D eigenvalue weighted by atomic mass is 9.69. The summed E-state index contributed by atoms with van der Waals surface area (Å²) < 4.78 is 0. The van der Waals surface area contributed by atoms with Gasteiger partial charge in [0.2, 0.25) is 0 Å². The smallest absolute Gasteiger partial charge is 0.136 e. The first kappa shape index (κ1) is 8.28. The van der Waals surface area contributed by atoms with E-state index < -0.39 is 0 Å². The van der Waals surface area contributed by atoms with Crippen LogP contribution in [0.25, 0.3) is 0 Å². The highest BCUT2D eigenvalue weighted by Gasteiger charge is 2.43. The minimum atomic E-state index is 0.439. The molecule has 0 bridgehead atoms. The average molecular weight is 166 g/mol. The molecule has 2 aliphatic carbocycles. The molecule has 0 spiro atoms. The van der Waals surface area contributed by atoms with Crippen LogP contribution < -0.4 is 0 Å². The number of hydrogen-bond donors (Lipinski definition) is 0. The Morgan fingerprint density at radius 1 is 1.08 bits per heavy atom. The van der Waals surface area contributed by atoms with Crippen LogP contribution in [0.2, 0.25) is 0 Å². The molecule has 4 atom stereocenters. The van der Waals surface area contributed by atoms with Crippen molar-refractivity contribution in [3.63, 3.8) is 0 Å². The maximum Gasteiger partial charge on any atom is 0.136 e. The van der Waals surface area contributed by atoms with Gasteiger partial charge in [-0.25, -0.2) is 0 Å². The van der Waals surface area contributed by atoms with E-state index in [0.717, 1.165) is 18.3 Å². The number of carbonyl (C=O) groups excluding carboxylic acids is 1. The van der Waals surface area contributed by atoms with Crippen LogP contribution >= 0.6 is 0 Å². The van der Waals surface area contributed by atoms with Crippen molar-refractivity contribution in [2.24, 2.45) is 23.7 Å². The Balaban J connectivity index is 2.18. The first-order valence-corrected chi connectivity index (χ1v) is 5.23. The zero-order valence-electron chi connectivity index (χ0n) is 8.05. The second-order valence-electron chi connectivity index (χ2n) is 4.73. The molecule has 68 valence electrons. The van der Waals surface area contributed by atoms with Crippen molar-refractivity contribution in [1.29, 1.82) is 0 Å². The van der Waals surface area contributed by atoms with Gasteiger partial charge in [0.1, 0.15) is 5.78 Å². The van der Waals surface area contributed by atoms with Crippen LogP contribution in [-0.2, 0) is 4.79 Å². The third-order valence-electron chi connectivity index (χ3n) is 3.98. The van der Waals surface area contributed by atoms with Gasteiger partial charge in [-0.3, -0.25) is 4.79 Å². The fourth-order valence-corrected chi connectivity index (χ4v) is 3.19. The summed E-state index contributed by atoms with van der Waals surface area (Å²) in [5, 5.41) is 0. The van der Waals surface area contributed by atoms with Crippen molar-refractivity contribution in [2.75, 3.05) is 0 Å². The summed E-state index contributed by atoms with van der Waals surface area (Å²) in [6.07, 6.45) is 4.66. The lowest BCUT2D eigenvalue weighted by molar-refractivity contribution is -0.124. The zero-order chi connectivity index (χ0) is 8.72. The summed E-state index contributed by atoms with van der Waals surface area (Å²) in [6.45, 7) is 4.58. The largest absolute Gasteiger partial charge is 0.299 e. The molecule has 1 heteroatoms. The molecular formula is C11H18O. The molecule has 2 rings (SSSR count). The molecule has 2 saturated carbocycles. The number of carbonyl (C=O) groups is 1. The first-order valence-electron chi connectivity index (χ1n) is 5.23. The number of hydrogen-bond acceptors (Lipinski definition) is 1. The van der Waals surface area contributed by atoms with Crippen molar-refractivity contribution in [3.8, 4) is 0 Å². The first-order chi connectivity index (χ1) is 5.70. The minimum Gasteiger partial charge on any atom is -0.299 e. The van der Waals surface area contributed by atoms with E-state index in [2.05, 4.69) is 13.8 Å². The molecule has 12 heavy (non-hydrogen) atoms. The standard InChI is InChI=1S/C11H18O/c1-7-3-4-8(2)11-9(7)5-6-10(11)12/h7-9,11H,3-6H2,1-2H3. The monoisotopic (exact) mass is 166 g/mol. The van der Waals surface area contributed by atoms with E-state index >= 15 is 0 Å². The highest BCUT2D eigenvalue weighted by Crippen LogP contribution is 2.46.